The summed E-state index contributed by atoms with van der Waals surface area (Å²) in [6.45, 7) is 21.9. The van der Waals surface area contributed by atoms with Crippen LogP contribution in [0.3, 0.4) is 0 Å². The van der Waals surface area contributed by atoms with Crippen molar-refractivity contribution in [2.24, 2.45) is 0 Å². The number of rotatable bonds is 16. The molecule has 1 fully saturated rings. The van der Waals surface area contributed by atoms with Crippen molar-refractivity contribution in [2.45, 2.75) is 117 Å². The summed E-state index contributed by atoms with van der Waals surface area (Å²) < 4.78 is 47.8. The van der Waals surface area contributed by atoms with E-state index in [1.165, 1.54) is 0 Å². The molecule has 1 aliphatic rings. The van der Waals surface area contributed by atoms with Crippen molar-refractivity contribution in [1.29, 1.82) is 0 Å². The maximum Gasteiger partial charge on any atom is 0.184 e. The van der Waals surface area contributed by atoms with Crippen LogP contribution >= 0.6 is 19.4 Å². The quantitative estimate of drug-likeness (QED) is 0.175. The first-order valence-corrected chi connectivity index (χ1v) is 29.0. The first kappa shape index (κ1) is 37.9. The summed E-state index contributed by atoms with van der Waals surface area (Å²) in [7, 11) is 7.23. The third-order valence-electron chi connectivity index (χ3n) is 6.42. The molecule has 44 heavy (non-hydrogen) atoms. The number of halogens is 2. The van der Waals surface area contributed by atoms with Gasteiger partial charge < -0.3 is 22.1 Å². The zero-order valence-corrected chi connectivity index (χ0v) is 34.0. The van der Waals surface area contributed by atoms with Gasteiger partial charge in [-0.3, -0.25) is 0 Å². The van der Waals surface area contributed by atoms with Crippen LogP contribution in [0.2, 0.25) is 45.3 Å². The molecule has 3 rings (SSSR count). The average molecular weight is 796 g/mol. The second kappa shape index (κ2) is 16.1. The van der Waals surface area contributed by atoms with Crippen LogP contribution in [0.5, 0.6) is 11.5 Å². The average Bonchev–Trinajstić information content (AvgIpc) is 3.50. The molecule has 0 radical (unpaired) electrons. The minimum absolute atomic E-state index is 0.0242. The van der Waals surface area contributed by atoms with Gasteiger partial charge in [-0.15, -0.1) is 0 Å². The van der Waals surface area contributed by atoms with Crippen LogP contribution in [-0.2, 0) is 48.8 Å². The van der Waals surface area contributed by atoms with Crippen molar-refractivity contribution in [3.05, 3.63) is 35.7 Å². The molecule has 252 valence electrons. The van der Waals surface area contributed by atoms with Crippen LogP contribution in [0.25, 0.3) is 0 Å². The van der Waals surface area contributed by atoms with E-state index >= 15 is 0 Å². The molecule has 10 nitrogen and oxygen atoms in total. The van der Waals surface area contributed by atoms with Crippen LogP contribution < -0.4 is 9.47 Å². The molecule has 0 amide bonds. The Morgan fingerprint density at radius 2 is 1.59 bits per heavy atom. The van der Waals surface area contributed by atoms with E-state index in [2.05, 4.69) is 63.4 Å². The molecule has 1 aliphatic heterocycles. The number of benzene rings is 1. The fourth-order valence-electron chi connectivity index (χ4n) is 4.93. The summed E-state index contributed by atoms with van der Waals surface area (Å²) in [4.78, 5) is 0. The van der Waals surface area contributed by atoms with Gasteiger partial charge in [0.1, 0.15) is 12.2 Å². The smallest absolute Gasteiger partial charge is 0.184 e. The molecule has 4 unspecified atom stereocenters. The van der Waals surface area contributed by atoms with Crippen LogP contribution in [0.4, 0.5) is 0 Å². The van der Waals surface area contributed by atoms with Crippen molar-refractivity contribution in [2.75, 3.05) is 7.11 Å². The second-order valence-electron chi connectivity index (χ2n) is 13.1. The van der Waals surface area contributed by atoms with Crippen LogP contribution in [0, 0.1) is 0 Å². The number of aryl methyl sites for hydroxylation is 1. The Morgan fingerprint density at radius 1 is 1.00 bits per heavy atom. The van der Waals surface area contributed by atoms with Crippen molar-refractivity contribution >= 4 is 49.4 Å². The topological polar surface area (TPSA) is 95.3 Å². The monoisotopic (exact) mass is 795 g/mol. The zero-order chi connectivity index (χ0) is 32.9. The molecule has 0 saturated carbocycles. The minimum atomic E-state index is -3.07. The number of hydrogen-bond donors (Lipinski definition) is 0. The molecule has 2 heterocycles. The van der Waals surface area contributed by atoms with Gasteiger partial charge >= 0.3 is 157 Å². The molecular formula is C28H49Cl2N3O7RuSi3. The fraction of sp³-hybridized carbons (Fsp3) is 0.679. The Bertz CT molecular complexity index is 1230. The largest absolute Gasteiger partial charge is 0.412 e. The van der Waals surface area contributed by atoms with E-state index in [-0.39, 0.29) is 37.1 Å². The van der Waals surface area contributed by atoms with Gasteiger partial charge in [0, 0.05) is 7.11 Å². The van der Waals surface area contributed by atoms with E-state index in [4.69, 9.17) is 51.0 Å². The molecule has 0 spiro atoms. The first-order chi connectivity index (χ1) is 20.4. The molecule has 1 aromatic heterocycles. The molecule has 1 saturated heterocycles. The van der Waals surface area contributed by atoms with Crippen molar-refractivity contribution in [3.63, 3.8) is 0 Å². The standard InChI is InChI=1S/C28H49N3O7Si3.2ClH.Ru/c1-20(2)34-26-14-13-25(17-21(26)3)33-19-24-18-31(30-29-24)15-16-41(32-6)37-27(22(4)35-39(7,8)9)28(38-41)23(5)36-40(10,11)12;;;/h3,13-14,17-18,20,22-23,27-28H,15-16,19H2,1-2,4-12H3;2*1H;/q;;;+2/p-2. The van der Waals surface area contributed by atoms with E-state index in [1.807, 2.05) is 42.9 Å². The van der Waals surface area contributed by atoms with Gasteiger partial charge in [0.2, 0.25) is 0 Å². The predicted molar refractivity (Wildman–Crippen MR) is 179 cm³/mol. The maximum atomic E-state index is 6.67. The summed E-state index contributed by atoms with van der Waals surface area (Å²) >= 11 is -2.06. The summed E-state index contributed by atoms with van der Waals surface area (Å²) in [5.74, 6) is 1.38. The van der Waals surface area contributed by atoms with Crippen LogP contribution in [0.15, 0.2) is 24.4 Å². The Morgan fingerprint density at radius 3 is 2.09 bits per heavy atom. The zero-order valence-electron chi connectivity index (χ0n) is 27.7. The van der Waals surface area contributed by atoms with Crippen molar-refractivity contribution < 1.29 is 45.1 Å². The molecule has 0 N–H and O–H groups in total. The Balaban J connectivity index is 1.68. The Hall–Kier alpha value is -0.516. The van der Waals surface area contributed by atoms with Crippen LogP contribution in [0.1, 0.15) is 39.0 Å². The Labute approximate surface area is 279 Å². The number of aromatic nitrogens is 3. The number of ether oxygens (including phenoxy) is 2. The molecule has 1 aromatic carbocycles. The molecule has 2 aromatic rings. The van der Waals surface area contributed by atoms with Gasteiger partial charge in [0.15, 0.2) is 16.6 Å². The normalized spacial score (nSPS) is 22.6. The van der Waals surface area contributed by atoms with E-state index in [0.29, 0.717) is 24.0 Å². The number of hydrogen-bond acceptors (Lipinski definition) is 9. The van der Waals surface area contributed by atoms with E-state index in [9.17, 15) is 0 Å². The summed E-state index contributed by atoms with van der Waals surface area (Å²) in [6.07, 6.45) is 0.968. The van der Waals surface area contributed by atoms with Gasteiger partial charge in [-0.2, -0.15) is 0 Å². The first-order valence-electron chi connectivity index (χ1n) is 14.8. The summed E-state index contributed by atoms with van der Waals surface area (Å²) in [5, 5.41) is 8.61. The van der Waals surface area contributed by atoms with E-state index in [1.54, 1.807) is 11.8 Å². The molecule has 0 bridgehead atoms. The Kier molecular flexibility index (Phi) is 13.8. The summed E-state index contributed by atoms with van der Waals surface area (Å²) in [5.41, 5.74) is 1.51. The molecule has 16 heteroatoms. The minimum Gasteiger partial charge on any atom is -0.412 e. The molecule has 0 aliphatic carbocycles. The van der Waals surface area contributed by atoms with Gasteiger partial charge in [-0.1, -0.05) is 0 Å². The van der Waals surface area contributed by atoms with Crippen LogP contribution in [-0.4, -0.2) is 82.7 Å². The van der Waals surface area contributed by atoms with E-state index in [0.717, 1.165) is 11.3 Å². The number of nitrogens with zero attached hydrogens (tertiary/aromatic N) is 3. The fourth-order valence-corrected chi connectivity index (χ4v) is 11.9. The van der Waals surface area contributed by atoms with Gasteiger partial charge in [-0.25, -0.2) is 0 Å². The van der Waals surface area contributed by atoms with Gasteiger partial charge in [-0.05, 0) is 53.1 Å². The molecular weight excluding hydrogens is 747 g/mol. The second-order valence-corrected chi connectivity index (χ2v) is 30.5. The predicted octanol–water partition coefficient (Wildman–Crippen LogP) is 6.57. The SMILES string of the molecule is CO[Si]1(CCn2cc(COc3ccc(OC(C)C)c([CH]=[Ru]([Cl])[Cl])c3)nn2)OC(C(C)O[Si](C)(C)C)C(C(C)O[Si](C)(C)C)O1. The molecule has 4 atom stereocenters. The van der Waals surface area contributed by atoms with E-state index < -0.39 is 39.0 Å². The van der Waals surface area contributed by atoms with Crippen molar-refractivity contribution in [3.8, 4) is 11.5 Å². The third-order valence-corrected chi connectivity index (χ3v) is 13.1. The summed E-state index contributed by atoms with van der Waals surface area (Å²) in [6, 6.07) is 6.13. The van der Waals surface area contributed by atoms with Gasteiger partial charge in [0.05, 0.1) is 12.2 Å². The third kappa shape index (κ3) is 11.9. The van der Waals surface area contributed by atoms with Gasteiger partial charge in [0.25, 0.3) is 0 Å². The van der Waals surface area contributed by atoms with Crippen molar-refractivity contribution in [1.82, 2.24) is 15.0 Å². The maximum absolute atomic E-state index is 6.67.